The first kappa shape index (κ1) is 14.2. The van der Waals surface area contributed by atoms with Gasteiger partial charge in [-0.2, -0.15) is 0 Å². The van der Waals surface area contributed by atoms with E-state index in [1.807, 2.05) is 51.1 Å². The molecule has 0 fully saturated rings. The molecular formula is C16H19N3O. The third kappa shape index (κ3) is 3.02. The Bertz CT molecular complexity index is 600. The third-order valence-electron chi connectivity index (χ3n) is 3.21. The lowest BCUT2D eigenvalue weighted by atomic mass is 10.1. The number of aromatic nitrogens is 2. The monoisotopic (exact) mass is 269 g/mol. The Balaban J connectivity index is 2.23. The second-order valence-corrected chi connectivity index (χ2v) is 4.96. The number of carbonyl (C=O) groups is 1. The van der Waals surface area contributed by atoms with Crippen LogP contribution < -0.4 is 0 Å². The highest BCUT2D eigenvalue weighted by molar-refractivity contribution is 5.96. The molecule has 104 valence electrons. The first-order chi connectivity index (χ1) is 9.49. The predicted octanol–water partition coefficient (Wildman–Crippen LogP) is 2.67. The average molecular weight is 269 g/mol. The van der Waals surface area contributed by atoms with Crippen molar-refractivity contribution in [3.63, 3.8) is 0 Å². The Morgan fingerprint density at radius 2 is 1.60 bits per heavy atom. The third-order valence-corrected chi connectivity index (χ3v) is 3.21. The van der Waals surface area contributed by atoms with Crippen molar-refractivity contribution >= 4 is 5.91 Å². The summed E-state index contributed by atoms with van der Waals surface area (Å²) in [6, 6.07) is 9.93. The minimum absolute atomic E-state index is 0.0381. The van der Waals surface area contributed by atoms with Crippen LogP contribution in [-0.4, -0.2) is 27.8 Å². The fourth-order valence-electron chi connectivity index (χ4n) is 2.31. The summed E-state index contributed by atoms with van der Waals surface area (Å²) in [4.78, 5) is 22.8. The van der Waals surface area contributed by atoms with Crippen LogP contribution in [0.3, 0.4) is 0 Å². The van der Waals surface area contributed by atoms with Gasteiger partial charge < -0.3 is 4.90 Å². The maximum Gasteiger partial charge on any atom is 0.257 e. The molecule has 20 heavy (non-hydrogen) atoms. The summed E-state index contributed by atoms with van der Waals surface area (Å²) in [5, 5.41) is 0. The van der Waals surface area contributed by atoms with Gasteiger partial charge in [0, 0.05) is 13.6 Å². The van der Waals surface area contributed by atoms with Crippen LogP contribution in [0.4, 0.5) is 0 Å². The molecule has 0 aliphatic heterocycles. The summed E-state index contributed by atoms with van der Waals surface area (Å²) in [5.74, 6) is 0.658. The number of amides is 1. The van der Waals surface area contributed by atoms with Crippen LogP contribution in [0.1, 0.15) is 33.1 Å². The lowest BCUT2D eigenvalue weighted by Crippen LogP contribution is -2.28. The number of aryl methyl sites for hydroxylation is 3. The molecule has 0 radical (unpaired) electrons. The molecule has 0 atom stereocenters. The molecular weight excluding hydrogens is 250 g/mol. The maximum atomic E-state index is 12.5. The molecule has 4 nitrogen and oxygen atoms in total. The molecule has 0 aliphatic carbocycles. The summed E-state index contributed by atoms with van der Waals surface area (Å²) >= 11 is 0. The van der Waals surface area contributed by atoms with Crippen molar-refractivity contribution in [1.82, 2.24) is 14.9 Å². The Kier molecular flexibility index (Phi) is 4.13. The van der Waals surface area contributed by atoms with Crippen LogP contribution in [0.15, 0.2) is 30.3 Å². The molecule has 2 rings (SSSR count). The van der Waals surface area contributed by atoms with Crippen LogP contribution in [0, 0.1) is 20.8 Å². The minimum Gasteiger partial charge on any atom is -0.337 e. The van der Waals surface area contributed by atoms with Gasteiger partial charge in [0.1, 0.15) is 5.82 Å². The molecule has 0 N–H and O–H groups in total. The van der Waals surface area contributed by atoms with Gasteiger partial charge in [-0.3, -0.25) is 4.79 Å². The van der Waals surface area contributed by atoms with E-state index in [4.69, 9.17) is 0 Å². The molecule has 2 aromatic rings. The minimum atomic E-state index is -0.0381. The zero-order valence-electron chi connectivity index (χ0n) is 12.3. The molecule has 1 aromatic carbocycles. The van der Waals surface area contributed by atoms with Crippen molar-refractivity contribution in [2.24, 2.45) is 0 Å². The van der Waals surface area contributed by atoms with E-state index in [-0.39, 0.29) is 5.91 Å². The fraction of sp³-hybridized carbons (Fsp3) is 0.312. The van der Waals surface area contributed by atoms with E-state index in [0.29, 0.717) is 17.9 Å². The molecule has 0 unspecified atom stereocenters. The highest BCUT2D eigenvalue weighted by Gasteiger charge is 2.19. The van der Waals surface area contributed by atoms with E-state index in [2.05, 4.69) is 9.97 Å². The lowest BCUT2D eigenvalue weighted by molar-refractivity contribution is 0.0782. The van der Waals surface area contributed by atoms with Crippen LogP contribution in [0.2, 0.25) is 0 Å². The number of hydrogen-bond donors (Lipinski definition) is 0. The zero-order chi connectivity index (χ0) is 14.7. The molecule has 0 saturated heterocycles. The molecule has 4 heteroatoms. The Labute approximate surface area is 119 Å². The molecule has 0 aliphatic rings. The van der Waals surface area contributed by atoms with E-state index in [0.717, 1.165) is 17.0 Å². The first-order valence-corrected chi connectivity index (χ1v) is 6.60. The number of rotatable bonds is 3. The van der Waals surface area contributed by atoms with Crippen LogP contribution in [0.5, 0.6) is 0 Å². The van der Waals surface area contributed by atoms with Gasteiger partial charge in [-0.15, -0.1) is 0 Å². The normalized spacial score (nSPS) is 10.4. The summed E-state index contributed by atoms with van der Waals surface area (Å²) in [7, 11) is 1.80. The van der Waals surface area contributed by atoms with E-state index < -0.39 is 0 Å². The average Bonchev–Trinajstić information content (AvgIpc) is 2.38. The van der Waals surface area contributed by atoms with Crippen LogP contribution in [0.25, 0.3) is 0 Å². The second-order valence-electron chi connectivity index (χ2n) is 4.96. The number of carbonyl (C=O) groups excluding carboxylic acids is 1. The Morgan fingerprint density at radius 1 is 1.05 bits per heavy atom. The number of benzene rings is 1. The van der Waals surface area contributed by atoms with Crippen molar-refractivity contribution in [3.8, 4) is 0 Å². The van der Waals surface area contributed by atoms with Crippen molar-refractivity contribution in [3.05, 3.63) is 58.7 Å². The quantitative estimate of drug-likeness (QED) is 0.860. The first-order valence-electron chi connectivity index (χ1n) is 6.60. The summed E-state index contributed by atoms with van der Waals surface area (Å²) < 4.78 is 0. The maximum absolute atomic E-state index is 12.5. The lowest BCUT2D eigenvalue weighted by Gasteiger charge is -2.19. The van der Waals surface area contributed by atoms with E-state index in [9.17, 15) is 4.79 Å². The molecule has 0 bridgehead atoms. The SMILES string of the molecule is Cc1nc(C)c(C(=O)N(C)Cc2ccccc2)c(C)n1. The summed E-state index contributed by atoms with van der Waals surface area (Å²) in [6.45, 7) is 6.12. The van der Waals surface area contributed by atoms with Crippen molar-refractivity contribution in [2.75, 3.05) is 7.05 Å². The smallest absolute Gasteiger partial charge is 0.257 e. The second kappa shape index (κ2) is 5.82. The number of hydrogen-bond acceptors (Lipinski definition) is 3. The van der Waals surface area contributed by atoms with Gasteiger partial charge in [0.05, 0.1) is 17.0 Å². The van der Waals surface area contributed by atoms with Gasteiger partial charge in [0.2, 0.25) is 0 Å². The standard InChI is InChI=1S/C16H19N3O/c1-11-15(12(2)18-13(3)17-11)16(20)19(4)10-14-8-6-5-7-9-14/h5-9H,10H2,1-4H3. The Hall–Kier alpha value is -2.23. The predicted molar refractivity (Wildman–Crippen MR) is 78.5 cm³/mol. The molecule has 1 amide bonds. The van der Waals surface area contributed by atoms with Gasteiger partial charge in [0.15, 0.2) is 0 Å². The molecule has 0 saturated carbocycles. The van der Waals surface area contributed by atoms with E-state index >= 15 is 0 Å². The number of nitrogens with zero attached hydrogens (tertiary/aromatic N) is 3. The molecule has 1 aromatic heterocycles. The van der Waals surface area contributed by atoms with Gasteiger partial charge in [-0.1, -0.05) is 30.3 Å². The highest BCUT2D eigenvalue weighted by Crippen LogP contribution is 2.14. The highest BCUT2D eigenvalue weighted by atomic mass is 16.2. The van der Waals surface area contributed by atoms with Gasteiger partial charge in [0.25, 0.3) is 5.91 Å². The molecule has 1 heterocycles. The van der Waals surface area contributed by atoms with Gasteiger partial charge in [-0.25, -0.2) is 9.97 Å². The van der Waals surface area contributed by atoms with Crippen molar-refractivity contribution < 1.29 is 4.79 Å². The largest absolute Gasteiger partial charge is 0.337 e. The van der Waals surface area contributed by atoms with Gasteiger partial charge >= 0.3 is 0 Å². The van der Waals surface area contributed by atoms with Crippen molar-refractivity contribution in [1.29, 1.82) is 0 Å². The van der Waals surface area contributed by atoms with Crippen molar-refractivity contribution in [2.45, 2.75) is 27.3 Å². The molecule has 0 spiro atoms. The van der Waals surface area contributed by atoms with Crippen LogP contribution >= 0.6 is 0 Å². The van der Waals surface area contributed by atoms with Crippen LogP contribution in [-0.2, 0) is 6.54 Å². The zero-order valence-corrected chi connectivity index (χ0v) is 12.3. The summed E-state index contributed by atoms with van der Waals surface area (Å²) in [5.41, 5.74) is 3.18. The fourth-order valence-corrected chi connectivity index (χ4v) is 2.31. The van der Waals surface area contributed by atoms with E-state index in [1.54, 1.807) is 11.9 Å². The van der Waals surface area contributed by atoms with Gasteiger partial charge in [-0.05, 0) is 26.3 Å². The topological polar surface area (TPSA) is 46.1 Å². The summed E-state index contributed by atoms with van der Waals surface area (Å²) in [6.07, 6.45) is 0. The Morgan fingerprint density at radius 3 is 2.15 bits per heavy atom. The van der Waals surface area contributed by atoms with E-state index in [1.165, 1.54) is 0 Å².